The number of anilines is 1. The number of ether oxygens (including phenoxy) is 1. The second-order valence-electron chi connectivity index (χ2n) is 8.65. The first-order chi connectivity index (χ1) is 16.8. The second-order valence-corrected chi connectivity index (χ2v) is 9.56. The van der Waals surface area contributed by atoms with Crippen LogP contribution in [0.4, 0.5) is 5.69 Å². The number of carbonyl (C=O) groups excluding carboxylic acids is 5. The van der Waals surface area contributed by atoms with Crippen molar-refractivity contribution in [2.75, 3.05) is 11.5 Å². The Bertz CT molecular complexity index is 1240. The van der Waals surface area contributed by atoms with Crippen molar-refractivity contribution in [3.8, 4) is 0 Å². The largest absolute Gasteiger partial charge is 0.452 e. The number of nitrogens with one attached hydrogen (secondary N) is 2. The smallest absolute Gasteiger partial charge is 0.338 e. The minimum Gasteiger partial charge on any atom is -0.452 e. The fourth-order valence-corrected chi connectivity index (χ4v) is 5.24. The third-order valence-electron chi connectivity index (χ3n) is 6.57. The lowest BCUT2D eigenvalue weighted by Crippen LogP contribution is -2.43. The normalized spacial score (nSPS) is 23.9. The molecule has 1 saturated carbocycles. The summed E-state index contributed by atoms with van der Waals surface area (Å²) in [7, 11) is 0. The summed E-state index contributed by atoms with van der Waals surface area (Å²) in [6.07, 6.45) is 4.86. The summed E-state index contributed by atoms with van der Waals surface area (Å²) in [5.74, 6) is -3.08. The molecule has 9 nitrogen and oxygen atoms in total. The maximum atomic E-state index is 13.0. The number of benzene rings is 2. The topological polar surface area (TPSA) is 122 Å². The summed E-state index contributed by atoms with van der Waals surface area (Å²) in [5.41, 5.74) is 5.14. The molecule has 5 rings (SSSR count). The van der Waals surface area contributed by atoms with E-state index in [0.717, 1.165) is 15.8 Å². The van der Waals surface area contributed by atoms with Gasteiger partial charge in [0.2, 0.25) is 11.8 Å². The summed E-state index contributed by atoms with van der Waals surface area (Å²) in [5, 5.41) is 0. The molecule has 0 radical (unpaired) electrons. The van der Waals surface area contributed by atoms with Gasteiger partial charge in [0.25, 0.3) is 11.8 Å². The first kappa shape index (κ1) is 23.0. The fourth-order valence-electron chi connectivity index (χ4n) is 4.98. The molecule has 2 aromatic carbocycles. The van der Waals surface area contributed by atoms with Gasteiger partial charge in [-0.05, 0) is 60.7 Å². The van der Waals surface area contributed by atoms with E-state index in [0.29, 0.717) is 11.3 Å². The minimum absolute atomic E-state index is 0.0855. The van der Waals surface area contributed by atoms with Gasteiger partial charge in [-0.15, -0.1) is 0 Å². The first-order valence-corrected chi connectivity index (χ1v) is 11.8. The third-order valence-corrected chi connectivity index (χ3v) is 7.10. The van der Waals surface area contributed by atoms with Crippen LogP contribution in [0.15, 0.2) is 65.2 Å². The van der Waals surface area contributed by atoms with Gasteiger partial charge in [0.1, 0.15) is 0 Å². The molecule has 35 heavy (non-hydrogen) atoms. The van der Waals surface area contributed by atoms with Crippen molar-refractivity contribution in [1.82, 2.24) is 10.9 Å². The van der Waals surface area contributed by atoms with E-state index < -0.39 is 24.4 Å². The van der Waals surface area contributed by atoms with Crippen LogP contribution >= 0.6 is 15.9 Å². The Morgan fingerprint density at radius 1 is 0.914 bits per heavy atom. The number of halogens is 1. The minimum atomic E-state index is -0.803. The average Bonchev–Trinajstić information content (AvgIpc) is 3.55. The molecule has 4 amide bonds. The monoisotopic (exact) mass is 537 g/mol. The van der Waals surface area contributed by atoms with Crippen molar-refractivity contribution in [2.24, 2.45) is 23.7 Å². The van der Waals surface area contributed by atoms with Crippen molar-refractivity contribution in [2.45, 2.75) is 6.42 Å². The van der Waals surface area contributed by atoms with Crippen molar-refractivity contribution < 1.29 is 28.7 Å². The Morgan fingerprint density at radius 2 is 1.57 bits per heavy atom. The van der Waals surface area contributed by atoms with Gasteiger partial charge in [-0.3, -0.25) is 30.0 Å². The Labute approximate surface area is 208 Å². The van der Waals surface area contributed by atoms with Crippen LogP contribution in [0.1, 0.15) is 27.1 Å². The van der Waals surface area contributed by atoms with E-state index in [-0.39, 0.29) is 41.0 Å². The van der Waals surface area contributed by atoms with E-state index in [9.17, 15) is 24.0 Å². The van der Waals surface area contributed by atoms with Gasteiger partial charge < -0.3 is 4.74 Å². The quantitative estimate of drug-likeness (QED) is 0.261. The van der Waals surface area contributed by atoms with E-state index in [2.05, 4.69) is 26.8 Å². The van der Waals surface area contributed by atoms with Crippen molar-refractivity contribution in [3.63, 3.8) is 0 Å². The number of rotatable bonds is 5. The zero-order valence-electron chi connectivity index (χ0n) is 18.3. The van der Waals surface area contributed by atoms with Gasteiger partial charge >= 0.3 is 5.97 Å². The summed E-state index contributed by atoms with van der Waals surface area (Å²) in [6.45, 7) is -0.634. The van der Waals surface area contributed by atoms with Gasteiger partial charge in [0.05, 0.1) is 23.1 Å². The maximum Gasteiger partial charge on any atom is 0.338 e. The Kier molecular flexibility index (Phi) is 5.98. The number of esters is 1. The lowest BCUT2D eigenvalue weighted by Gasteiger charge is -2.18. The molecule has 0 spiro atoms. The third kappa shape index (κ3) is 4.25. The molecule has 1 saturated heterocycles. The molecule has 2 aliphatic carbocycles. The highest BCUT2D eigenvalue weighted by atomic mass is 79.9. The Morgan fingerprint density at radius 3 is 2.23 bits per heavy atom. The maximum absolute atomic E-state index is 13.0. The zero-order chi connectivity index (χ0) is 24.7. The van der Waals surface area contributed by atoms with E-state index in [1.165, 1.54) is 12.1 Å². The standard InChI is InChI=1S/C25H20BrN3O6/c26-17-8-6-13(7-9-17)22(31)28-27-19(30)12-35-25(34)16-2-1-3-18(11-16)29-23(32)20-14-4-5-15(10-14)21(20)24(29)33/h1-9,11,14-15,20-21H,10,12H2,(H,27,30)(H,28,31)/t14-,15-,20+,21+/m0/s1. The van der Waals surface area contributed by atoms with Crippen molar-refractivity contribution in [1.29, 1.82) is 0 Å². The number of hydrogen-bond donors (Lipinski definition) is 2. The first-order valence-electron chi connectivity index (χ1n) is 11.0. The van der Waals surface area contributed by atoms with Gasteiger partial charge in [-0.1, -0.05) is 34.1 Å². The molecule has 4 atom stereocenters. The highest BCUT2D eigenvalue weighted by Gasteiger charge is 2.59. The predicted octanol–water partition coefficient (Wildman–Crippen LogP) is 2.38. The zero-order valence-corrected chi connectivity index (χ0v) is 19.9. The number of amides is 4. The van der Waals surface area contributed by atoms with Crippen LogP contribution in [0.5, 0.6) is 0 Å². The lowest BCUT2D eigenvalue weighted by molar-refractivity contribution is -0.125. The molecule has 0 aromatic heterocycles. The number of nitrogens with zero attached hydrogens (tertiary/aromatic N) is 1. The number of allylic oxidation sites excluding steroid dienone is 2. The van der Waals surface area contributed by atoms with Crippen LogP contribution in [0.3, 0.4) is 0 Å². The molecule has 178 valence electrons. The Hall–Kier alpha value is -3.79. The summed E-state index contributed by atoms with van der Waals surface area (Å²) < 4.78 is 5.83. The fraction of sp³-hybridized carbons (Fsp3) is 0.240. The molecular formula is C25H20BrN3O6. The highest BCUT2D eigenvalue weighted by Crippen LogP contribution is 2.53. The number of fused-ring (bicyclic) bond motifs is 5. The summed E-state index contributed by atoms with van der Waals surface area (Å²) >= 11 is 3.27. The molecule has 2 fully saturated rings. The lowest BCUT2D eigenvalue weighted by atomic mass is 9.85. The van der Waals surface area contributed by atoms with Crippen molar-refractivity contribution in [3.05, 3.63) is 76.3 Å². The molecule has 10 heteroatoms. The molecule has 2 bridgehead atoms. The van der Waals surface area contributed by atoms with Crippen LogP contribution in [0, 0.1) is 23.7 Å². The molecule has 2 aromatic rings. The van der Waals surface area contributed by atoms with Gasteiger partial charge in [-0.25, -0.2) is 9.69 Å². The van der Waals surface area contributed by atoms with Crippen LogP contribution in [-0.4, -0.2) is 36.2 Å². The number of hydrazine groups is 1. The van der Waals surface area contributed by atoms with Gasteiger partial charge in [0, 0.05) is 10.0 Å². The van der Waals surface area contributed by atoms with Crippen LogP contribution in [0.25, 0.3) is 0 Å². The van der Waals surface area contributed by atoms with Gasteiger partial charge in [0.15, 0.2) is 6.61 Å². The molecule has 3 aliphatic rings. The SMILES string of the molecule is O=C(COC(=O)c1cccc(N2C(=O)[C@H]3[C@H](C2=O)[C@H]2C=C[C@H]3C2)c1)NNC(=O)c1ccc(Br)cc1. The summed E-state index contributed by atoms with van der Waals surface area (Å²) in [6, 6.07) is 12.5. The van der Waals surface area contributed by atoms with Gasteiger partial charge in [-0.2, -0.15) is 0 Å². The average molecular weight is 538 g/mol. The molecule has 2 N–H and O–H groups in total. The van der Waals surface area contributed by atoms with E-state index in [1.54, 1.807) is 36.4 Å². The second kappa shape index (κ2) is 9.10. The van der Waals surface area contributed by atoms with Crippen LogP contribution in [-0.2, 0) is 19.1 Å². The molecule has 1 aliphatic heterocycles. The molecule has 1 heterocycles. The molecule has 0 unspecified atom stereocenters. The van der Waals surface area contributed by atoms with Crippen LogP contribution in [0.2, 0.25) is 0 Å². The predicted molar refractivity (Wildman–Crippen MR) is 127 cm³/mol. The van der Waals surface area contributed by atoms with Crippen molar-refractivity contribution >= 4 is 51.2 Å². The van der Waals surface area contributed by atoms with E-state index in [4.69, 9.17) is 4.74 Å². The molecular weight excluding hydrogens is 518 g/mol. The van der Waals surface area contributed by atoms with Crippen LogP contribution < -0.4 is 15.8 Å². The number of imide groups is 1. The Balaban J connectivity index is 1.17. The number of hydrogen-bond acceptors (Lipinski definition) is 6. The number of carbonyl (C=O) groups is 5. The summed E-state index contributed by atoms with van der Waals surface area (Å²) in [4.78, 5) is 63.7. The van der Waals surface area contributed by atoms with E-state index in [1.807, 2.05) is 12.2 Å². The highest BCUT2D eigenvalue weighted by molar-refractivity contribution is 9.10. The van der Waals surface area contributed by atoms with E-state index >= 15 is 0 Å².